The number of carbonyl (C=O) groups excluding carboxylic acids is 1. The summed E-state index contributed by atoms with van der Waals surface area (Å²) in [6.45, 7) is 8.52. The summed E-state index contributed by atoms with van der Waals surface area (Å²) in [5.41, 5.74) is 2.70. The minimum atomic E-state index is -0.214. The molecule has 2 aromatic heterocycles. The van der Waals surface area contributed by atoms with Gasteiger partial charge in [0.15, 0.2) is 10.4 Å². The molecule has 0 aliphatic carbocycles. The van der Waals surface area contributed by atoms with Gasteiger partial charge in [-0.05, 0) is 39.4 Å². The number of rotatable bonds is 4. The van der Waals surface area contributed by atoms with Crippen molar-refractivity contribution in [2.45, 2.75) is 52.6 Å². The highest BCUT2D eigenvalue weighted by atomic mass is 32.1. The van der Waals surface area contributed by atoms with Gasteiger partial charge in [-0.1, -0.05) is 6.92 Å². The second kappa shape index (κ2) is 5.63. The molecule has 0 aliphatic rings. The SMILES string of the molecule is CCc1nn(C)c2c1[nH]c(=S)n2CCC(=O)NC(C)(C)C. The lowest BCUT2D eigenvalue weighted by atomic mass is 10.1. The Bertz CT molecular complexity index is 716. The molecule has 0 bridgehead atoms. The number of H-pyrrole nitrogens is 1. The van der Waals surface area contributed by atoms with Gasteiger partial charge >= 0.3 is 0 Å². The molecular formula is C14H23N5OS. The largest absolute Gasteiger partial charge is 0.351 e. The molecule has 6 nitrogen and oxygen atoms in total. The van der Waals surface area contributed by atoms with Gasteiger partial charge in [-0.2, -0.15) is 5.10 Å². The fourth-order valence-electron chi connectivity index (χ4n) is 2.43. The standard InChI is InChI=1S/C14H23N5OS/c1-6-9-11-12(18(5)17-9)19(13(21)15-11)8-7-10(20)16-14(2,3)4/h6-8H2,1-5H3,(H,15,21)(H,16,20). The molecule has 0 spiro atoms. The van der Waals surface area contributed by atoms with E-state index in [1.807, 2.05) is 37.1 Å². The Labute approximate surface area is 129 Å². The molecular weight excluding hydrogens is 286 g/mol. The summed E-state index contributed by atoms with van der Waals surface area (Å²) >= 11 is 5.37. The van der Waals surface area contributed by atoms with E-state index < -0.39 is 0 Å². The van der Waals surface area contributed by atoms with E-state index in [1.165, 1.54) is 0 Å². The first-order chi connectivity index (χ1) is 9.73. The molecule has 0 radical (unpaired) electrons. The van der Waals surface area contributed by atoms with E-state index in [-0.39, 0.29) is 11.4 Å². The van der Waals surface area contributed by atoms with Crippen molar-refractivity contribution in [2.24, 2.45) is 7.05 Å². The number of imidazole rings is 1. The fourth-order valence-corrected chi connectivity index (χ4v) is 2.71. The van der Waals surface area contributed by atoms with Gasteiger partial charge in [0.1, 0.15) is 5.52 Å². The van der Waals surface area contributed by atoms with E-state index in [2.05, 4.69) is 22.3 Å². The van der Waals surface area contributed by atoms with Crippen LogP contribution in [0.5, 0.6) is 0 Å². The molecule has 0 fully saturated rings. The van der Waals surface area contributed by atoms with Crippen LogP contribution >= 0.6 is 12.2 Å². The predicted octanol–water partition coefficient (Wildman–Crippen LogP) is 2.30. The summed E-state index contributed by atoms with van der Waals surface area (Å²) in [6.07, 6.45) is 1.24. The van der Waals surface area contributed by atoms with Crippen LogP contribution < -0.4 is 5.32 Å². The zero-order valence-corrected chi connectivity index (χ0v) is 14.1. The highest BCUT2D eigenvalue weighted by Gasteiger charge is 2.17. The second-order valence-electron chi connectivity index (χ2n) is 6.25. The van der Waals surface area contributed by atoms with E-state index in [9.17, 15) is 4.79 Å². The number of hydrogen-bond donors (Lipinski definition) is 2. The van der Waals surface area contributed by atoms with Crippen molar-refractivity contribution in [3.8, 4) is 0 Å². The first-order valence-electron chi connectivity index (χ1n) is 7.18. The third kappa shape index (κ3) is 3.34. The quantitative estimate of drug-likeness (QED) is 0.852. The van der Waals surface area contributed by atoms with Gasteiger partial charge in [-0.25, -0.2) is 0 Å². The van der Waals surface area contributed by atoms with E-state index in [0.29, 0.717) is 17.7 Å². The molecule has 1 amide bonds. The number of aromatic nitrogens is 4. The van der Waals surface area contributed by atoms with Crippen molar-refractivity contribution in [1.29, 1.82) is 0 Å². The third-order valence-electron chi connectivity index (χ3n) is 3.23. The highest BCUT2D eigenvalue weighted by Crippen LogP contribution is 2.18. The van der Waals surface area contributed by atoms with Crippen LogP contribution in [-0.2, 0) is 24.8 Å². The molecule has 2 aromatic rings. The Morgan fingerprint density at radius 1 is 1.43 bits per heavy atom. The molecule has 2 N–H and O–H groups in total. The maximum absolute atomic E-state index is 12.0. The van der Waals surface area contributed by atoms with Gasteiger partial charge < -0.3 is 14.9 Å². The van der Waals surface area contributed by atoms with Crippen LogP contribution in [0.15, 0.2) is 0 Å². The Morgan fingerprint density at radius 3 is 2.67 bits per heavy atom. The van der Waals surface area contributed by atoms with Gasteiger partial charge in [-0.3, -0.25) is 9.48 Å². The van der Waals surface area contributed by atoms with Crippen molar-refractivity contribution >= 4 is 29.3 Å². The summed E-state index contributed by atoms with van der Waals surface area (Å²) in [6, 6.07) is 0. The molecule has 21 heavy (non-hydrogen) atoms. The maximum Gasteiger partial charge on any atom is 0.222 e. The van der Waals surface area contributed by atoms with Crippen LogP contribution in [-0.4, -0.2) is 30.8 Å². The predicted molar refractivity (Wildman–Crippen MR) is 85.8 cm³/mol. The van der Waals surface area contributed by atoms with E-state index in [1.54, 1.807) is 0 Å². The average molecular weight is 309 g/mol. The monoisotopic (exact) mass is 309 g/mol. The molecule has 0 aromatic carbocycles. The normalized spacial score (nSPS) is 12.0. The number of carbonyl (C=O) groups is 1. The molecule has 7 heteroatoms. The Balaban J connectivity index is 2.23. The number of amides is 1. The molecule has 0 atom stereocenters. The van der Waals surface area contributed by atoms with Crippen LogP contribution in [0, 0.1) is 4.77 Å². The van der Waals surface area contributed by atoms with Gasteiger partial charge in [0.05, 0.1) is 5.69 Å². The summed E-state index contributed by atoms with van der Waals surface area (Å²) in [7, 11) is 1.90. The molecule has 0 saturated carbocycles. The summed E-state index contributed by atoms with van der Waals surface area (Å²) in [4.78, 5) is 15.2. The number of aryl methyl sites for hydroxylation is 3. The van der Waals surface area contributed by atoms with Gasteiger partial charge in [0.25, 0.3) is 0 Å². The van der Waals surface area contributed by atoms with Crippen LogP contribution in [0.2, 0.25) is 0 Å². The Kier molecular flexibility index (Phi) is 4.22. The first-order valence-corrected chi connectivity index (χ1v) is 7.59. The lowest BCUT2D eigenvalue weighted by Gasteiger charge is -2.20. The van der Waals surface area contributed by atoms with Crippen molar-refractivity contribution < 1.29 is 4.79 Å². The van der Waals surface area contributed by atoms with Crippen molar-refractivity contribution in [3.05, 3.63) is 10.5 Å². The lowest BCUT2D eigenvalue weighted by molar-refractivity contribution is -0.122. The van der Waals surface area contributed by atoms with Crippen molar-refractivity contribution in [1.82, 2.24) is 24.6 Å². The van der Waals surface area contributed by atoms with E-state index in [0.717, 1.165) is 23.3 Å². The summed E-state index contributed by atoms with van der Waals surface area (Å²) < 4.78 is 4.40. The fraction of sp³-hybridized carbons (Fsp3) is 0.643. The van der Waals surface area contributed by atoms with Crippen LogP contribution in [0.25, 0.3) is 11.2 Å². The number of nitrogens with one attached hydrogen (secondary N) is 2. The van der Waals surface area contributed by atoms with Crippen LogP contribution in [0.4, 0.5) is 0 Å². The number of nitrogens with zero attached hydrogens (tertiary/aromatic N) is 3. The topological polar surface area (TPSA) is 67.6 Å². The second-order valence-corrected chi connectivity index (χ2v) is 6.64. The minimum absolute atomic E-state index is 0.0247. The number of aromatic amines is 1. The Morgan fingerprint density at radius 2 is 2.10 bits per heavy atom. The summed E-state index contributed by atoms with van der Waals surface area (Å²) in [5.74, 6) is 0.0247. The van der Waals surface area contributed by atoms with E-state index >= 15 is 0 Å². The zero-order valence-electron chi connectivity index (χ0n) is 13.3. The molecule has 2 heterocycles. The van der Waals surface area contributed by atoms with Crippen LogP contribution in [0.1, 0.15) is 39.8 Å². The smallest absolute Gasteiger partial charge is 0.222 e. The molecule has 116 valence electrons. The van der Waals surface area contributed by atoms with Gasteiger partial charge in [-0.15, -0.1) is 0 Å². The summed E-state index contributed by atoms with van der Waals surface area (Å²) in [5, 5.41) is 7.44. The Hall–Kier alpha value is -1.63. The lowest BCUT2D eigenvalue weighted by Crippen LogP contribution is -2.40. The van der Waals surface area contributed by atoms with E-state index in [4.69, 9.17) is 12.2 Å². The van der Waals surface area contributed by atoms with Crippen LogP contribution in [0.3, 0.4) is 0 Å². The molecule has 0 saturated heterocycles. The van der Waals surface area contributed by atoms with Gasteiger partial charge in [0, 0.05) is 25.6 Å². The molecule has 0 unspecified atom stereocenters. The first kappa shape index (κ1) is 15.8. The number of fused-ring (bicyclic) bond motifs is 1. The zero-order chi connectivity index (χ0) is 15.8. The minimum Gasteiger partial charge on any atom is -0.351 e. The molecule has 2 rings (SSSR count). The maximum atomic E-state index is 12.0. The van der Waals surface area contributed by atoms with Gasteiger partial charge in [0.2, 0.25) is 5.91 Å². The molecule has 0 aliphatic heterocycles. The number of hydrogen-bond acceptors (Lipinski definition) is 3. The average Bonchev–Trinajstić information content (AvgIpc) is 2.82. The van der Waals surface area contributed by atoms with Crippen molar-refractivity contribution in [2.75, 3.05) is 0 Å². The third-order valence-corrected chi connectivity index (χ3v) is 3.56. The van der Waals surface area contributed by atoms with Crippen molar-refractivity contribution in [3.63, 3.8) is 0 Å². The highest BCUT2D eigenvalue weighted by molar-refractivity contribution is 7.71.